The third kappa shape index (κ3) is 4.23. The first-order valence-electron chi connectivity index (χ1n) is 9.79. The van der Waals surface area contributed by atoms with Crippen LogP contribution < -0.4 is 16.0 Å². The van der Waals surface area contributed by atoms with Crippen LogP contribution in [0.3, 0.4) is 0 Å². The van der Waals surface area contributed by atoms with Gasteiger partial charge in [0.15, 0.2) is 0 Å². The number of benzene rings is 1. The summed E-state index contributed by atoms with van der Waals surface area (Å²) in [6.45, 7) is 16.7. The van der Waals surface area contributed by atoms with Crippen LogP contribution in [0.4, 0.5) is 0 Å². The number of allylic oxidation sites excluding steroid dienone is 1. The van der Waals surface area contributed by atoms with Gasteiger partial charge in [-0.05, 0) is 35.8 Å². The van der Waals surface area contributed by atoms with E-state index in [0.717, 1.165) is 41.6 Å². The second-order valence-corrected chi connectivity index (χ2v) is 7.64. The van der Waals surface area contributed by atoms with E-state index in [-0.39, 0.29) is 11.5 Å². The fourth-order valence-electron chi connectivity index (χ4n) is 3.94. The summed E-state index contributed by atoms with van der Waals surface area (Å²) >= 11 is 0. The molecule has 1 aromatic heterocycles. The smallest absolute Gasteiger partial charge is 0.258 e. The van der Waals surface area contributed by atoms with E-state index in [0.29, 0.717) is 11.5 Å². The van der Waals surface area contributed by atoms with Gasteiger partial charge in [0.1, 0.15) is 5.82 Å². The minimum atomic E-state index is -0.0994. The third-order valence-corrected chi connectivity index (χ3v) is 5.58. The third-order valence-electron chi connectivity index (χ3n) is 5.58. The highest BCUT2D eigenvalue weighted by Crippen LogP contribution is 2.30. The number of aromatic nitrogens is 2. The van der Waals surface area contributed by atoms with Gasteiger partial charge in [0, 0.05) is 25.6 Å². The molecular formula is C24H29N3O. The van der Waals surface area contributed by atoms with E-state index < -0.39 is 0 Å². The maximum absolute atomic E-state index is 12.3. The molecule has 1 N–H and O–H groups in total. The van der Waals surface area contributed by atoms with Crippen molar-refractivity contribution in [2.45, 2.75) is 26.7 Å². The van der Waals surface area contributed by atoms with Crippen LogP contribution in [0.5, 0.6) is 0 Å². The molecular weight excluding hydrogens is 346 g/mol. The fourth-order valence-corrected chi connectivity index (χ4v) is 3.94. The Morgan fingerprint density at radius 2 is 2.11 bits per heavy atom. The molecule has 4 nitrogen and oxygen atoms in total. The largest absolute Gasteiger partial charge is 0.310 e. The van der Waals surface area contributed by atoms with Gasteiger partial charge in [-0.25, -0.2) is 4.98 Å². The molecule has 146 valence electrons. The first-order valence-corrected chi connectivity index (χ1v) is 9.79. The van der Waals surface area contributed by atoms with Gasteiger partial charge in [0.2, 0.25) is 0 Å². The second kappa shape index (κ2) is 8.53. The van der Waals surface area contributed by atoms with E-state index in [9.17, 15) is 4.79 Å². The number of nitrogens with one attached hydrogen (secondary N) is 1. The number of H-pyrrole nitrogens is 1. The number of aromatic amines is 1. The summed E-state index contributed by atoms with van der Waals surface area (Å²) in [5.74, 6) is 1.44. The van der Waals surface area contributed by atoms with E-state index in [2.05, 4.69) is 60.1 Å². The lowest BCUT2D eigenvalue weighted by atomic mass is 9.97. The summed E-state index contributed by atoms with van der Waals surface area (Å²) in [6.07, 6.45) is 5.95. The van der Waals surface area contributed by atoms with E-state index in [1.54, 1.807) is 6.08 Å². The van der Waals surface area contributed by atoms with E-state index in [1.165, 1.54) is 5.57 Å². The molecule has 2 heterocycles. The van der Waals surface area contributed by atoms with Crippen LogP contribution in [-0.2, 0) is 0 Å². The first-order chi connectivity index (χ1) is 13.4. The van der Waals surface area contributed by atoms with Crippen LogP contribution in [0, 0.1) is 12.8 Å². The van der Waals surface area contributed by atoms with Crippen LogP contribution in [-0.4, -0.2) is 34.5 Å². The fraction of sp³-hybridized carbons (Fsp3) is 0.333. The molecule has 1 fully saturated rings. The van der Waals surface area contributed by atoms with Crippen LogP contribution in [0.15, 0.2) is 47.3 Å². The molecule has 1 saturated heterocycles. The van der Waals surface area contributed by atoms with E-state index in [1.807, 2.05) is 25.1 Å². The molecule has 1 aromatic carbocycles. The lowest BCUT2D eigenvalue weighted by Crippen LogP contribution is -2.26. The summed E-state index contributed by atoms with van der Waals surface area (Å²) in [7, 11) is 0. The van der Waals surface area contributed by atoms with Gasteiger partial charge in [-0.2, -0.15) is 0 Å². The molecule has 0 radical (unpaired) electrons. The van der Waals surface area contributed by atoms with E-state index >= 15 is 0 Å². The van der Waals surface area contributed by atoms with Crippen molar-refractivity contribution in [2.75, 3.05) is 19.6 Å². The molecule has 1 unspecified atom stereocenters. The lowest BCUT2D eigenvalue weighted by Gasteiger charge is -2.17. The van der Waals surface area contributed by atoms with Crippen molar-refractivity contribution in [1.82, 2.24) is 14.9 Å². The monoisotopic (exact) mass is 375 g/mol. The summed E-state index contributed by atoms with van der Waals surface area (Å²) in [6, 6.07) is 8.18. The highest BCUT2D eigenvalue weighted by molar-refractivity contribution is 5.48. The zero-order valence-corrected chi connectivity index (χ0v) is 17.0. The molecule has 0 saturated carbocycles. The molecule has 2 atom stereocenters. The Hall–Kier alpha value is -2.72. The van der Waals surface area contributed by atoms with Crippen LogP contribution >= 0.6 is 0 Å². The van der Waals surface area contributed by atoms with Crippen LogP contribution in [0.25, 0.3) is 18.7 Å². The van der Waals surface area contributed by atoms with Gasteiger partial charge in [-0.3, -0.25) is 9.69 Å². The molecule has 28 heavy (non-hydrogen) atoms. The standard InChI is InChI=1S/C24H29N3O/c1-6-19(12-20-11-9-8-10-16(20)3)14-27-13-17(4)22(15-27)23-25-18(5)21(7-2)24(28)26-23/h6-12,17,22H,2-3,13-15H2,1,4-5H3,(H,25,26,28)/b19-6?,20-12-/t17?,22-/m1/s1. The molecule has 1 aliphatic heterocycles. The number of aryl methyl sites for hydroxylation is 1. The average molecular weight is 376 g/mol. The first kappa shape index (κ1) is 20.0. The van der Waals surface area contributed by atoms with Crippen molar-refractivity contribution in [1.29, 1.82) is 0 Å². The molecule has 0 aliphatic carbocycles. The van der Waals surface area contributed by atoms with Gasteiger partial charge in [-0.15, -0.1) is 0 Å². The zero-order valence-electron chi connectivity index (χ0n) is 17.0. The van der Waals surface area contributed by atoms with Crippen molar-refractivity contribution < 1.29 is 0 Å². The van der Waals surface area contributed by atoms with Gasteiger partial charge >= 0.3 is 0 Å². The summed E-state index contributed by atoms with van der Waals surface area (Å²) in [5, 5.41) is 2.19. The van der Waals surface area contributed by atoms with E-state index in [4.69, 9.17) is 0 Å². The Morgan fingerprint density at radius 1 is 1.36 bits per heavy atom. The van der Waals surface area contributed by atoms with Gasteiger partial charge < -0.3 is 4.98 Å². The van der Waals surface area contributed by atoms with Gasteiger partial charge in [-0.1, -0.05) is 62.6 Å². The Balaban J connectivity index is 1.79. The van der Waals surface area contributed by atoms with Crippen molar-refractivity contribution in [2.24, 2.45) is 5.92 Å². The Kier molecular flexibility index (Phi) is 6.10. The maximum Gasteiger partial charge on any atom is 0.258 e. The summed E-state index contributed by atoms with van der Waals surface area (Å²) in [4.78, 5) is 22.4. The lowest BCUT2D eigenvalue weighted by molar-refractivity contribution is 0.357. The molecule has 1 aliphatic rings. The van der Waals surface area contributed by atoms with Gasteiger partial charge in [0.05, 0.1) is 11.3 Å². The molecule has 0 bridgehead atoms. The molecule has 0 spiro atoms. The highest BCUT2D eigenvalue weighted by atomic mass is 16.1. The van der Waals surface area contributed by atoms with Crippen molar-refractivity contribution in [3.8, 4) is 0 Å². The Labute approximate surface area is 166 Å². The topological polar surface area (TPSA) is 49.0 Å². The Bertz CT molecular complexity index is 1060. The second-order valence-electron chi connectivity index (χ2n) is 7.64. The molecule has 2 aromatic rings. The summed E-state index contributed by atoms with van der Waals surface area (Å²) in [5.41, 5.74) is 2.47. The number of hydrogen-bond acceptors (Lipinski definition) is 3. The number of likely N-dealkylation sites (tertiary alicyclic amines) is 1. The number of nitrogens with zero attached hydrogens (tertiary/aromatic N) is 2. The molecule has 3 rings (SSSR count). The maximum atomic E-state index is 12.3. The average Bonchev–Trinajstić information content (AvgIpc) is 3.03. The predicted octanol–water partition coefficient (Wildman–Crippen LogP) is 2.59. The quantitative estimate of drug-likeness (QED) is 0.874. The minimum absolute atomic E-state index is 0.0994. The normalized spacial score (nSPS) is 21.2. The summed E-state index contributed by atoms with van der Waals surface area (Å²) < 4.78 is 0. The molecule has 4 heteroatoms. The Morgan fingerprint density at radius 3 is 2.75 bits per heavy atom. The van der Waals surface area contributed by atoms with Crippen LogP contribution in [0.1, 0.15) is 36.8 Å². The number of rotatable bonds is 5. The minimum Gasteiger partial charge on any atom is -0.310 e. The van der Waals surface area contributed by atoms with Crippen molar-refractivity contribution in [3.05, 3.63) is 80.4 Å². The highest BCUT2D eigenvalue weighted by Gasteiger charge is 2.32. The zero-order chi connectivity index (χ0) is 20.3. The SMILES string of the molecule is C=Cc1c(C)nc([C@@H]2CN(CC(=CC)/C=c3/ccccc3=C)CC2C)[nH]c1=O. The van der Waals surface area contributed by atoms with Crippen LogP contribution in [0.2, 0.25) is 0 Å². The molecule has 0 amide bonds. The van der Waals surface area contributed by atoms with Crippen molar-refractivity contribution >= 4 is 18.7 Å². The predicted molar refractivity (Wildman–Crippen MR) is 117 cm³/mol. The van der Waals surface area contributed by atoms with Gasteiger partial charge in [0.25, 0.3) is 5.56 Å². The number of hydrogen-bond donors (Lipinski definition) is 1. The van der Waals surface area contributed by atoms with Crippen molar-refractivity contribution in [3.63, 3.8) is 0 Å².